The number of unbranched alkanes of at least 4 members (excludes halogenated alkanes) is 8. The van der Waals surface area contributed by atoms with E-state index in [1.807, 2.05) is 0 Å². The summed E-state index contributed by atoms with van der Waals surface area (Å²) in [5.74, 6) is -5.91. The van der Waals surface area contributed by atoms with Gasteiger partial charge in [0, 0.05) is 13.0 Å². The number of hydrogen-bond donors (Lipinski definition) is 6. The van der Waals surface area contributed by atoms with Gasteiger partial charge in [-0.3, -0.25) is 19.2 Å². The van der Waals surface area contributed by atoms with Gasteiger partial charge in [0.1, 0.15) is 0 Å². The summed E-state index contributed by atoms with van der Waals surface area (Å²) in [5, 5.41) is 44.9. The van der Waals surface area contributed by atoms with Crippen LogP contribution in [0.5, 0.6) is 0 Å². The van der Waals surface area contributed by atoms with Crippen molar-refractivity contribution in [1.82, 2.24) is 5.32 Å². The van der Waals surface area contributed by atoms with Crippen LogP contribution in [0.3, 0.4) is 0 Å². The first kappa shape index (κ1) is 35.7. The summed E-state index contributed by atoms with van der Waals surface area (Å²) in [6.07, 6.45) is 9.35. The van der Waals surface area contributed by atoms with Crippen LogP contribution in [0.4, 0.5) is 0 Å². The molecule has 0 saturated heterocycles. The number of amides is 1. The minimum atomic E-state index is -2.74. The second-order valence-electron chi connectivity index (χ2n) is 7.55. The molecule has 0 saturated carbocycles. The molecule has 0 unspecified atom stereocenters. The molecule has 0 aliphatic rings. The number of hydrogen-bond acceptors (Lipinski definition) is 6. The zero-order valence-electron chi connectivity index (χ0n) is 21.4. The van der Waals surface area contributed by atoms with Gasteiger partial charge in [0.25, 0.3) is 0 Å². The molecule has 6 N–H and O–H groups in total. The van der Waals surface area contributed by atoms with Crippen LogP contribution in [0, 0.1) is 0 Å². The molecule has 0 aromatic rings. The molecular weight excluding hydrogens is 451 g/mol. The van der Waals surface area contributed by atoms with Crippen molar-refractivity contribution in [2.24, 2.45) is 0 Å². The Morgan fingerprint density at radius 3 is 1.48 bits per heavy atom. The number of carboxylic acids is 4. The normalized spacial score (nSPS) is 10.2. The molecule has 33 heavy (non-hydrogen) atoms. The van der Waals surface area contributed by atoms with E-state index in [2.05, 4.69) is 12.2 Å². The maximum atomic E-state index is 11.3. The molecule has 1 amide bonds. The van der Waals surface area contributed by atoms with Crippen LogP contribution in [-0.2, 0) is 24.0 Å². The fourth-order valence-corrected chi connectivity index (χ4v) is 2.71. The number of carbonyl (C=O) groups excluding carboxylic acids is 1. The van der Waals surface area contributed by atoms with Crippen LogP contribution in [0.25, 0.3) is 0 Å². The summed E-state index contributed by atoms with van der Waals surface area (Å²) in [5.41, 5.74) is -2.74. The second-order valence-corrected chi connectivity index (χ2v) is 7.55. The maximum absolute atomic E-state index is 11.3. The third kappa shape index (κ3) is 24.5. The van der Waals surface area contributed by atoms with Crippen molar-refractivity contribution in [3.05, 3.63) is 0 Å². The number of aliphatic hydroxyl groups is 1. The molecule has 0 heterocycles. The number of nitrogens with one attached hydrogen (secondary N) is 1. The monoisotopic (exact) mass is 489 g/mol. The molecule has 0 aromatic heterocycles. The molecule has 0 radical (unpaired) electrons. The van der Waals surface area contributed by atoms with E-state index in [0.29, 0.717) is 6.42 Å². The number of rotatable bonds is 18. The predicted molar refractivity (Wildman–Crippen MR) is 122 cm³/mol. The fourth-order valence-electron chi connectivity index (χ4n) is 2.71. The maximum Gasteiger partial charge on any atom is 2.00 e. The predicted octanol–water partition coefficient (Wildman–Crippen LogP) is 2.09. The van der Waals surface area contributed by atoms with Crippen LogP contribution in [0.2, 0.25) is 0 Å². The molecule has 0 rings (SSSR count). The number of aliphatic carboxylic acids is 4. The molecule has 0 aliphatic carbocycles. The molecule has 0 aliphatic heterocycles. The van der Waals surface area contributed by atoms with Crippen LogP contribution in [-0.4, -0.2) is 90.5 Å². The van der Waals surface area contributed by atoms with Gasteiger partial charge < -0.3 is 33.7 Å². The Hall–Kier alpha value is -1.92. The fraction of sp³-hybridized carbons (Fsp3) is 0.762. The molecule has 0 spiro atoms. The van der Waals surface area contributed by atoms with Crippen molar-refractivity contribution in [2.45, 2.75) is 96.0 Å². The second kappa shape index (κ2) is 21.9. The average molecular weight is 490 g/mol. The van der Waals surface area contributed by atoms with Gasteiger partial charge in [-0.05, 0) is 6.42 Å². The minimum Gasteiger partial charge on any atom is -1.00 e. The van der Waals surface area contributed by atoms with Crippen molar-refractivity contribution < 1.29 is 52.4 Å². The summed E-state index contributed by atoms with van der Waals surface area (Å²) >= 11 is 0. The Balaban J connectivity index is -0.000000167. The molecule has 190 valence electrons. The first-order valence-electron chi connectivity index (χ1n) is 10.8. The third-order valence-corrected chi connectivity index (χ3v) is 4.45. The molecule has 0 atom stereocenters. The van der Waals surface area contributed by atoms with Crippen molar-refractivity contribution in [2.75, 3.05) is 6.54 Å². The van der Waals surface area contributed by atoms with Crippen LogP contribution < -0.4 is 5.32 Å². The Labute approximate surface area is 213 Å². The minimum absolute atomic E-state index is 0. The Morgan fingerprint density at radius 2 is 1.12 bits per heavy atom. The van der Waals surface area contributed by atoms with Crippen LogP contribution in [0.1, 0.15) is 93.2 Å². The smallest absolute Gasteiger partial charge is 1.00 e. The first-order valence-corrected chi connectivity index (χ1v) is 10.8. The summed E-state index contributed by atoms with van der Waals surface area (Å²) in [7, 11) is 0. The first-order chi connectivity index (χ1) is 14.9. The van der Waals surface area contributed by atoms with E-state index >= 15 is 0 Å². The van der Waals surface area contributed by atoms with Crippen LogP contribution in [0.15, 0.2) is 0 Å². The standard InChI is InChI=1S/C15H29NO3.C6H8O7.Mg.2H/c1-2-3-4-5-6-7-8-9-10-11-14(17)16-13-12-15(18)19;7-3(8)1-6(13,5(11)12)2-4(9)10;;;/h2-13H2,1H3,(H,16,17)(H,18,19);13H,1-2H2,(H,7,8)(H,9,10)(H,11,12);;;/q;;+2;2*-1. The van der Waals surface area contributed by atoms with E-state index in [1.165, 1.54) is 44.9 Å². The van der Waals surface area contributed by atoms with Crippen LogP contribution >= 0.6 is 0 Å². The van der Waals surface area contributed by atoms with Crippen molar-refractivity contribution in [3.8, 4) is 0 Å². The van der Waals surface area contributed by atoms with Gasteiger partial charge in [-0.15, -0.1) is 0 Å². The van der Waals surface area contributed by atoms with Gasteiger partial charge in [-0.2, -0.15) is 0 Å². The Bertz CT molecular complexity index is 593. The molecule has 0 bridgehead atoms. The topological polar surface area (TPSA) is 199 Å². The summed E-state index contributed by atoms with van der Waals surface area (Å²) in [6, 6.07) is 0. The van der Waals surface area contributed by atoms with Crippen molar-refractivity contribution in [3.63, 3.8) is 0 Å². The number of carbonyl (C=O) groups is 5. The zero-order chi connectivity index (χ0) is 25.0. The Morgan fingerprint density at radius 1 is 0.697 bits per heavy atom. The van der Waals surface area contributed by atoms with Gasteiger partial charge in [-0.1, -0.05) is 58.3 Å². The molecule has 0 aromatic carbocycles. The SMILES string of the molecule is CCCCCCCCCCCC(=O)NCCC(=O)O.O=C(O)CC(O)(CC(=O)O)C(=O)O.[H-].[H-].[Mg+2]. The van der Waals surface area contributed by atoms with Crippen molar-refractivity contribution >= 4 is 52.8 Å². The van der Waals surface area contributed by atoms with E-state index in [0.717, 1.165) is 12.8 Å². The van der Waals surface area contributed by atoms with E-state index in [1.54, 1.807) is 0 Å². The van der Waals surface area contributed by atoms with E-state index in [9.17, 15) is 24.0 Å². The van der Waals surface area contributed by atoms with Gasteiger partial charge >= 0.3 is 46.9 Å². The third-order valence-electron chi connectivity index (χ3n) is 4.45. The average Bonchev–Trinajstić information content (AvgIpc) is 2.65. The van der Waals surface area contributed by atoms with Crippen molar-refractivity contribution in [1.29, 1.82) is 0 Å². The molecular formula is C21H39MgNO10. The summed E-state index contributed by atoms with van der Waals surface area (Å²) in [6.45, 7) is 2.47. The van der Waals surface area contributed by atoms with Gasteiger partial charge in [0.2, 0.25) is 5.91 Å². The quantitative estimate of drug-likeness (QED) is 0.122. The molecule has 11 nitrogen and oxygen atoms in total. The Kier molecular flexibility index (Phi) is 23.7. The van der Waals surface area contributed by atoms with Gasteiger partial charge in [0.05, 0.1) is 19.3 Å². The molecule has 12 heteroatoms. The largest absolute Gasteiger partial charge is 2.00 e. The summed E-state index contributed by atoms with van der Waals surface area (Å²) in [4.78, 5) is 52.1. The molecule has 0 fully saturated rings. The van der Waals surface area contributed by atoms with E-state index < -0.39 is 42.3 Å². The van der Waals surface area contributed by atoms with Gasteiger partial charge in [-0.25, -0.2) is 4.79 Å². The van der Waals surface area contributed by atoms with E-state index in [-0.39, 0.29) is 44.8 Å². The summed E-state index contributed by atoms with van der Waals surface area (Å²) < 4.78 is 0. The van der Waals surface area contributed by atoms with E-state index in [4.69, 9.17) is 25.5 Å². The zero-order valence-corrected chi connectivity index (χ0v) is 20.8. The van der Waals surface area contributed by atoms with Gasteiger partial charge in [0.15, 0.2) is 5.60 Å². The number of carboxylic acid groups (broad SMARTS) is 4.